The molecule has 0 fully saturated rings. The van der Waals surface area contributed by atoms with E-state index in [1.165, 1.54) is 17.8 Å². The summed E-state index contributed by atoms with van der Waals surface area (Å²) in [6.45, 7) is 3.70. The third-order valence-electron chi connectivity index (χ3n) is 4.60. The molecular weight excluding hydrogens is 405 g/mol. The van der Waals surface area contributed by atoms with E-state index in [1.54, 1.807) is 36.7 Å². The molecule has 0 aliphatic heterocycles. The minimum atomic E-state index is -0.369. The molecule has 0 radical (unpaired) electrons. The van der Waals surface area contributed by atoms with E-state index in [0.29, 0.717) is 27.8 Å². The minimum Gasteiger partial charge on any atom is -0.345 e. The van der Waals surface area contributed by atoms with Gasteiger partial charge < -0.3 is 15.2 Å². The molecule has 7 nitrogen and oxygen atoms in total. The van der Waals surface area contributed by atoms with Crippen molar-refractivity contribution in [2.75, 3.05) is 11.1 Å². The molecule has 2 aromatic carbocycles. The van der Waals surface area contributed by atoms with Crippen LogP contribution in [0.1, 0.15) is 27.3 Å². The number of thioether (sulfide) groups is 1. The Balaban J connectivity index is 1.55. The average molecular weight is 428 g/mol. The Morgan fingerprint density at radius 1 is 1.10 bits per heavy atom. The summed E-state index contributed by atoms with van der Waals surface area (Å²) in [4.78, 5) is 24.5. The monoisotopic (exact) mass is 427 g/mol. The lowest BCUT2D eigenvalue weighted by atomic mass is 10.1. The first kappa shape index (κ1) is 21.5. The lowest BCUT2D eigenvalue weighted by Crippen LogP contribution is -2.25. The summed E-state index contributed by atoms with van der Waals surface area (Å²) in [7, 11) is 1.77. The highest BCUT2D eigenvalue weighted by Gasteiger charge is 2.14. The van der Waals surface area contributed by atoms with Gasteiger partial charge in [-0.2, -0.15) is 0 Å². The number of benzene rings is 2. The van der Waals surface area contributed by atoms with Crippen LogP contribution in [-0.2, 0) is 18.4 Å². The highest BCUT2D eigenvalue weighted by Crippen LogP contribution is 2.20. The van der Waals surface area contributed by atoms with Crippen LogP contribution in [0.4, 0.5) is 10.1 Å². The van der Waals surface area contributed by atoms with Gasteiger partial charge in [0.2, 0.25) is 5.91 Å². The second kappa shape index (κ2) is 9.53. The summed E-state index contributed by atoms with van der Waals surface area (Å²) >= 11 is 1.21. The number of halogens is 1. The maximum absolute atomic E-state index is 13.6. The van der Waals surface area contributed by atoms with E-state index in [4.69, 9.17) is 0 Å². The van der Waals surface area contributed by atoms with Crippen molar-refractivity contribution in [2.45, 2.75) is 25.5 Å². The number of rotatable bonds is 7. The SMILES string of the molecule is Cc1ccccc1C(=O)NCc1nnc(SCC(=O)Nc2cccc(F)c2C)n1C. The van der Waals surface area contributed by atoms with Crippen LogP contribution in [0.5, 0.6) is 0 Å². The molecular formula is C21H22FN5O2S. The number of aryl methyl sites for hydroxylation is 1. The quantitative estimate of drug-likeness (QED) is 0.565. The number of carbonyl (C=O) groups is 2. The van der Waals surface area contributed by atoms with Crippen LogP contribution >= 0.6 is 11.8 Å². The zero-order chi connectivity index (χ0) is 21.7. The summed E-state index contributed by atoms with van der Waals surface area (Å²) in [5.74, 6) is -0.162. The van der Waals surface area contributed by atoms with Crippen molar-refractivity contribution >= 4 is 29.3 Å². The van der Waals surface area contributed by atoms with E-state index >= 15 is 0 Å². The summed E-state index contributed by atoms with van der Waals surface area (Å²) in [6, 6.07) is 11.9. The van der Waals surface area contributed by atoms with E-state index in [0.717, 1.165) is 5.56 Å². The van der Waals surface area contributed by atoms with Gasteiger partial charge in [0, 0.05) is 23.9 Å². The zero-order valence-corrected chi connectivity index (χ0v) is 17.7. The summed E-state index contributed by atoms with van der Waals surface area (Å²) in [6.07, 6.45) is 0. The second-order valence-electron chi connectivity index (χ2n) is 6.70. The molecule has 1 aromatic heterocycles. The molecule has 30 heavy (non-hydrogen) atoms. The molecule has 2 N–H and O–H groups in total. The molecule has 0 spiro atoms. The van der Waals surface area contributed by atoms with Crippen LogP contribution in [0.3, 0.4) is 0 Å². The van der Waals surface area contributed by atoms with Crippen molar-refractivity contribution in [3.63, 3.8) is 0 Å². The molecule has 0 aliphatic rings. The highest BCUT2D eigenvalue weighted by atomic mass is 32.2. The van der Waals surface area contributed by atoms with E-state index in [2.05, 4.69) is 20.8 Å². The first-order valence-corrected chi connectivity index (χ1v) is 10.2. The second-order valence-corrected chi connectivity index (χ2v) is 7.65. The Hall–Kier alpha value is -3.20. The number of hydrogen-bond acceptors (Lipinski definition) is 5. The van der Waals surface area contributed by atoms with Crippen molar-refractivity contribution in [1.29, 1.82) is 0 Å². The third-order valence-corrected chi connectivity index (χ3v) is 5.62. The van der Waals surface area contributed by atoms with E-state index in [9.17, 15) is 14.0 Å². The molecule has 9 heteroatoms. The van der Waals surface area contributed by atoms with E-state index in [-0.39, 0.29) is 29.9 Å². The molecule has 3 aromatic rings. The fourth-order valence-electron chi connectivity index (χ4n) is 2.77. The molecule has 0 bridgehead atoms. The van der Waals surface area contributed by atoms with Gasteiger partial charge in [0.25, 0.3) is 5.91 Å². The Kier molecular flexibility index (Phi) is 6.83. The molecule has 2 amide bonds. The number of aromatic nitrogens is 3. The topological polar surface area (TPSA) is 88.9 Å². The van der Waals surface area contributed by atoms with Crippen LogP contribution in [0, 0.1) is 19.7 Å². The maximum atomic E-state index is 13.6. The molecule has 0 saturated heterocycles. The van der Waals surface area contributed by atoms with Crippen molar-refractivity contribution in [3.05, 3.63) is 70.8 Å². The van der Waals surface area contributed by atoms with Gasteiger partial charge in [0.1, 0.15) is 5.82 Å². The first-order valence-electron chi connectivity index (χ1n) is 9.26. The molecule has 0 atom stereocenters. The third kappa shape index (κ3) is 5.04. The molecule has 156 valence electrons. The van der Waals surface area contributed by atoms with Crippen molar-refractivity contribution < 1.29 is 14.0 Å². The van der Waals surface area contributed by atoms with Gasteiger partial charge in [-0.15, -0.1) is 10.2 Å². The summed E-state index contributed by atoms with van der Waals surface area (Å²) in [5.41, 5.74) is 2.33. The maximum Gasteiger partial charge on any atom is 0.251 e. The Bertz CT molecular complexity index is 1080. The number of carbonyl (C=O) groups excluding carboxylic acids is 2. The molecule has 0 saturated carbocycles. The predicted molar refractivity (Wildman–Crippen MR) is 114 cm³/mol. The van der Waals surface area contributed by atoms with E-state index in [1.807, 2.05) is 25.1 Å². The average Bonchev–Trinajstić information content (AvgIpc) is 3.08. The van der Waals surface area contributed by atoms with E-state index < -0.39 is 0 Å². The number of anilines is 1. The van der Waals surface area contributed by atoms with Crippen LogP contribution in [0.2, 0.25) is 0 Å². The molecule has 1 heterocycles. The fraction of sp³-hybridized carbons (Fsp3) is 0.238. The molecule has 3 rings (SSSR count). The van der Waals surface area contributed by atoms with Crippen LogP contribution in [0.15, 0.2) is 47.6 Å². The van der Waals surface area contributed by atoms with Crippen LogP contribution < -0.4 is 10.6 Å². The van der Waals surface area contributed by atoms with Crippen molar-refractivity contribution in [2.24, 2.45) is 7.05 Å². The number of nitrogens with one attached hydrogen (secondary N) is 2. The van der Waals surface area contributed by atoms with Gasteiger partial charge in [0.05, 0.1) is 12.3 Å². The predicted octanol–water partition coefficient (Wildman–Crippen LogP) is 3.23. The lowest BCUT2D eigenvalue weighted by Gasteiger charge is -2.09. The van der Waals surface area contributed by atoms with Crippen molar-refractivity contribution in [1.82, 2.24) is 20.1 Å². The Morgan fingerprint density at radius 3 is 2.63 bits per heavy atom. The fourth-order valence-corrected chi connectivity index (χ4v) is 3.50. The zero-order valence-electron chi connectivity index (χ0n) is 16.9. The van der Waals surface area contributed by atoms with Gasteiger partial charge in [-0.05, 0) is 37.6 Å². The van der Waals surface area contributed by atoms with Gasteiger partial charge in [-0.3, -0.25) is 9.59 Å². The van der Waals surface area contributed by atoms with Gasteiger partial charge in [0.15, 0.2) is 11.0 Å². The summed E-state index contributed by atoms with van der Waals surface area (Å²) < 4.78 is 15.3. The summed E-state index contributed by atoms with van der Waals surface area (Å²) in [5, 5.41) is 14.2. The lowest BCUT2D eigenvalue weighted by molar-refractivity contribution is -0.113. The molecule has 0 unspecified atom stereocenters. The smallest absolute Gasteiger partial charge is 0.251 e. The minimum absolute atomic E-state index is 0.0947. The normalized spacial score (nSPS) is 10.7. The number of nitrogens with zero attached hydrogens (tertiary/aromatic N) is 3. The first-order chi connectivity index (χ1) is 14.4. The van der Waals surface area contributed by atoms with Gasteiger partial charge in [-0.25, -0.2) is 4.39 Å². The van der Waals surface area contributed by atoms with Crippen LogP contribution in [0.25, 0.3) is 0 Å². The van der Waals surface area contributed by atoms with Gasteiger partial charge in [-0.1, -0.05) is 36.0 Å². The highest BCUT2D eigenvalue weighted by molar-refractivity contribution is 7.99. The molecule has 0 aliphatic carbocycles. The van der Waals surface area contributed by atoms with Gasteiger partial charge >= 0.3 is 0 Å². The van der Waals surface area contributed by atoms with Crippen molar-refractivity contribution in [3.8, 4) is 0 Å². The largest absolute Gasteiger partial charge is 0.345 e. The number of hydrogen-bond donors (Lipinski definition) is 2. The standard InChI is InChI=1S/C21H22FN5O2S/c1-13-7-4-5-8-15(13)20(29)23-11-18-25-26-21(27(18)3)30-12-19(28)24-17-10-6-9-16(22)14(17)2/h4-10H,11-12H2,1-3H3,(H,23,29)(H,24,28). The Morgan fingerprint density at radius 2 is 1.87 bits per heavy atom. The number of amides is 2. The van der Waals surface area contributed by atoms with Crippen LogP contribution in [-0.4, -0.2) is 32.3 Å². The Labute approximate surface area is 178 Å².